The average molecular weight is 302 g/mol. The van der Waals surface area contributed by atoms with E-state index in [-0.39, 0.29) is 41.0 Å². The van der Waals surface area contributed by atoms with Crippen LogP contribution in [0.2, 0.25) is 0 Å². The van der Waals surface area contributed by atoms with Gasteiger partial charge in [0.25, 0.3) is 0 Å². The zero-order chi connectivity index (χ0) is 12.0. The van der Waals surface area contributed by atoms with Crippen LogP contribution in [0.5, 0.6) is 0 Å². The third-order valence-electron chi connectivity index (χ3n) is 2.90. The van der Waals surface area contributed by atoms with E-state index >= 15 is 0 Å². The first-order valence-corrected chi connectivity index (χ1v) is 5.65. The molecule has 2 unspecified atom stereocenters. The minimum Gasteiger partial charge on any atom is -0.870 e. The van der Waals surface area contributed by atoms with Crippen molar-refractivity contribution in [3.63, 3.8) is 0 Å². The molecule has 4 nitrogen and oxygen atoms in total. The number of nitrogens with one attached hydrogen (secondary N) is 1. The summed E-state index contributed by atoms with van der Waals surface area (Å²) in [4.78, 5) is 11.4. The summed E-state index contributed by atoms with van der Waals surface area (Å²) in [5, 5.41) is 12.3. The van der Waals surface area contributed by atoms with Gasteiger partial charge in [0.05, 0.1) is 12.6 Å². The van der Waals surface area contributed by atoms with Crippen LogP contribution in [0, 0.1) is 5.92 Å². The molecule has 0 saturated heterocycles. The van der Waals surface area contributed by atoms with Crippen molar-refractivity contribution in [2.75, 3.05) is 6.61 Å². The predicted molar refractivity (Wildman–Crippen MR) is 66.8 cm³/mol. The van der Waals surface area contributed by atoms with Gasteiger partial charge in [0.1, 0.15) is 0 Å². The molecule has 0 amide bonds. The Morgan fingerprint density at radius 1 is 1.39 bits per heavy atom. The molecule has 0 bridgehead atoms. The second kappa shape index (κ2) is 10.1. The first kappa shape index (κ1) is 19.5. The van der Waals surface area contributed by atoms with Crippen molar-refractivity contribution in [1.29, 1.82) is 0 Å². The molecule has 0 heterocycles. The zero-order valence-corrected chi connectivity index (χ0v) is 11.5. The second-order valence-electron chi connectivity index (χ2n) is 4.02. The topological polar surface area (TPSA) is 79.3 Å². The summed E-state index contributed by atoms with van der Waals surface area (Å²) in [6, 6.07) is 0.00426. The quantitative estimate of drug-likeness (QED) is 0.594. The summed E-state index contributed by atoms with van der Waals surface area (Å²) < 4.78 is 0. The Balaban J connectivity index is 0. The van der Waals surface area contributed by atoms with Gasteiger partial charge in [-0.05, 0) is 18.1 Å². The van der Waals surface area contributed by atoms with Gasteiger partial charge in [-0.25, -0.2) is 0 Å². The maximum absolute atomic E-state index is 11.4. The summed E-state index contributed by atoms with van der Waals surface area (Å²) >= 11 is 0. The molecule has 0 fully saturated rings. The van der Waals surface area contributed by atoms with Crippen LogP contribution < -0.4 is 5.32 Å². The summed E-state index contributed by atoms with van der Waals surface area (Å²) in [5.74, 6) is 0.371. The van der Waals surface area contributed by atoms with Crippen LogP contribution in [0.15, 0.2) is 36.1 Å². The van der Waals surface area contributed by atoms with Crippen molar-refractivity contribution in [1.82, 2.24) is 5.32 Å². The fourth-order valence-electron chi connectivity index (χ4n) is 1.48. The van der Waals surface area contributed by atoms with Crippen LogP contribution in [0.3, 0.4) is 0 Å². The minimum absolute atomic E-state index is 0. The monoisotopic (exact) mass is 301 g/mol. The van der Waals surface area contributed by atoms with Gasteiger partial charge in [0, 0.05) is 28.8 Å². The number of aliphatic hydroxyl groups is 1. The SMILES string of the molecule is CCC(C)C(CO)NC=C1C=CC=CC1=O.[Cu].[OH-]. The normalized spacial score (nSPS) is 18.8. The molecule has 1 rings (SSSR count). The van der Waals surface area contributed by atoms with Gasteiger partial charge < -0.3 is 15.9 Å². The molecule has 5 heteroatoms. The first-order chi connectivity index (χ1) is 7.69. The number of hydrogen-bond acceptors (Lipinski definition) is 4. The van der Waals surface area contributed by atoms with Crippen LogP contribution in [0.25, 0.3) is 0 Å². The average Bonchev–Trinajstić information content (AvgIpc) is 2.31. The van der Waals surface area contributed by atoms with Crippen molar-refractivity contribution < 1.29 is 32.4 Å². The summed E-state index contributed by atoms with van der Waals surface area (Å²) in [5.41, 5.74) is 0.629. The van der Waals surface area contributed by atoms with E-state index in [1.165, 1.54) is 6.08 Å². The van der Waals surface area contributed by atoms with Crippen molar-refractivity contribution in [3.8, 4) is 0 Å². The molecule has 1 aliphatic carbocycles. The van der Waals surface area contributed by atoms with E-state index in [0.717, 1.165) is 6.42 Å². The van der Waals surface area contributed by atoms with Crippen molar-refractivity contribution in [2.24, 2.45) is 5.92 Å². The molecule has 0 saturated carbocycles. The first-order valence-electron chi connectivity index (χ1n) is 5.65. The molecule has 2 atom stereocenters. The summed E-state index contributed by atoms with van der Waals surface area (Å²) in [6.07, 6.45) is 9.52. The largest absolute Gasteiger partial charge is 0.870 e. The number of ketones is 1. The molecule has 3 N–H and O–H groups in total. The van der Waals surface area contributed by atoms with E-state index in [1.54, 1.807) is 18.4 Å². The van der Waals surface area contributed by atoms with E-state index < -0.39 is 0 Å². The van der Waals surface area contributed by atoms with E-state index in [2.05, 4.69) is 19.2 Å². The number of aliphatic hydroxyl groups excluding tert-OH is 1. The smallest absolute Gasteiger partial charge is 0.187 e. The summed E-state index contributed by atoms with van der Waals surface area (Å²) in [7, 11) is 0. The van der Waals surface area contributed by atoms with Crippen LogP contribution in [-0.2, 0) is 21.9 Å². The van der Waals surface area contributed by atoms with Gasteiger partial charge in [-0.15, -0.1) is 0 Å². The van der Waals surface area contributed by atoms with Crippen molar-refractivity contribution in [3.05, 3.63) is 36.1 Å². The predicted octanol–water partition coefficient (Wildman–Crippen LogP) is 1.38. The minimum atomic E-state index is -0.00385. The second-order valence-corrected chi connectivity index (χ2v) is 4.02. The molecular weight excluding hydrogens is 282 g/mol. The maximum Gasteiger partial charge on any atom is 0.187 e. The summed E-state index contributed by atoms with van der Waals surface area (Å²) in [6.45, 7) is 4.23. The molecule has 0 aliphatic heterocycles. The van der Waals surface area contributed by atoms with E-state index in [0.29, 0.717) is 11.5 Å². The molecule has 0 aromatic carbocycles. The molecule has 1 radical (unpaired) electrons. The van der Waals surface area contributed by atoms with Gasteiger partial charge in [0.2, 0.25) is 0 Å². The van der Waals surface area contributed by atoms with Crippen LogP contribution in [-0.4, -0.2) is 29.0 Å². The van der Waals surface area contributed by atoms with Gasteiger partial charge in [-0.2, -0.15) is 0 Å². The van der Waals surface area contributed by atoms with Gasteiger partial charge in [-0.1, -0.05) is 32.4 Å². The Morgan fingerprint density at radius 3 is 2.50 bits per heavy atom. The third kappa shape index (κ3) is 5.65. The Morgan fingerprint density at radius 2 is 2.00 bits per heavy atom. The molecule has 0 aromatic heterocycles. The van der Waals surface area contributed by atoms with Gasteiger partial charge >= 0.3 is 0 Å². The molecule has 1 aliphatic rings. The van der Waals surface area contributed by atoms with Gasteiger partial charge in [0.15, 0.2) is 5.78 Å². The zero-order valence-electron chi connectivity index (χ0n) is 10.6. The fraction of sp³-hybridized carbons (Fsp3) is 0.462. The standard InChI is InChI=1S/C13H19NO2.Cu.H2O/c1-3-10(2)12(9-15)14-8-11-6-4-5-7-13(11)16;;/h4-8,10,12,14-15H,3,9H2,1-2H3;;1H2/p-1. The Kier molecular flexibility index (Phi) is 10.9. The van der Waals surface area contributed by atoms with Gasteiger partial charge in [-0.3, -0.25) is 4.79 Å². The van der Waals surface area contributed by atoms with Crippen molar-refractivity contribution in [2.45, 2.75) is 26.3 Å². The molecule has 0 aromatic rings. The van der Waals surface area contributed by atoms with E-state index in [9.17, 15) is 9.90 Å². The molecule has 0 spiro atoms. The number of carbonyl (C=O) groups is 1. The van der Waals surface area contributed by atoms with Crippen LogP contribution >= 0.6 is 0 Å². The third-order valence-corrected chi connectivity index (χ3v) is 2.90. The Hall–Kier alpha value is -0.871. The molecule has 107 valence electrons. The van der Waals surface area contributed by atoms with E-state index in [4.69, 9.17) is 0 Å². The Bertz CT molecular complexity index is 337. The number of carbonyl (C=O) groups excluding carboxylic acids is 1. The number of rotatable bonds is 5. The fourth-order valence-corrected chi connectivity index (χ4v) is 1.48. The number of hydrogen-bond donors (Lipinski definition) is 2. The molecule has 18 heavy (non-hydrogen) atoms. The van der Waals surface area contributed by atoms with E-state index in [1.807, 2.05) is 6.08 Å². The maximum atomic E-state index is 11.4. The molecular formula is C13H20CuNO3-. The van der Waals surface area contributed by atoms with Crippen LogP contribution in [0.1, 0.15) is 20.3 Å². The number of allylic oxidation sites excluding steroid dienone is 5. The van der Waals surface area contributed by atoms with Crippen molar-refractivity contribution >= 4 is 5.78 Å². The Labute approximate surface area is 119 Å². The van der Waals surface area contributed by atoms with Crippen LogP contribution in [0.4, 0.5) is 0 Å².